The van der Waals surface area contributed by atoms with Crippen LogP contribution in [-0.4, -0.2) is 34.5 Å². The number of piperidine rings is 1. The first-order chi connectivity index (χ1) is 8.52. The Morgan fingerprint density at radius 1 is 1.28 bits per heavy atom. The van der Waals surface area contributed by atoms with E-state index in [4.69, 9.17) is 0 Å². The van der Waals surface area contributed by atoms with E-state index in [2.05, 4.69) is 35.9 Å². The molecule has 1 atom stereocenters. The molecule has 4 nitrogen and oxygen atoms in total. The monoisotopic (exact) mass is 249 g/mol. The Morgan fingerprint density at radius 3 is 2.61 bits per heavy atom. The number of aromatic nitrogens is 2. The quantitative estimate of drug-likeness (QED) is 0.872. The smallest absolute Gasteiger partial charge is 0.151 e. The Hall–Kier alpha value is -1.16. The van der Waals surface area contributed by atoms with Crippen LogP contribution in [0, 0.1) is 0 Å². The molecule has 2 rings (SSSR count). The summed E-state index contributed by atoms with van der Waals surface area (Å²) in [6, 6.07) is 4.28. The van der Waals surface area contributed by atoms with Gasteiger partial charge in [-0.25, -0.2) is 0 Å². The van der Waals surface area contributed by atoms with Crippen LogP contribution in [0.25, 0.3) is 0 Å². The first-order valence-electron chi connectivity index (χ1n) is 6.74. The van der Waals surface area contributed by atoms with Crippen LogP contribution in [0.2, 0.25) is 0 Å². The van der Waals surface area contributed by atoms with Crippen molar-refractivity contribution in [2.75, 3.05) is 18.1 Å². The largest absolute Gasteiger partial charge is 0.394 e. The lowest BCUT2D eigenvalue weighted by atomic mass is 9.92. The maximum Gasteiger partial charge on any atom is 0.151 e. The topological polar surface area (TPSA) is 49.2 Å². The second-order valence-electron chi connectivity index (χ2n) is 6.05. The van der Waals surface area contributed by atoms with Gasteiger partial charge in [0.2, 0.25) is 0 Å². The van der Waals surface area contributed by atoms with Crippen molar-refractivity contribution in [2.24, 2.45) is 0 Å². The molecule has 1 aliphatic rings. The highest BCUT2D eigenvalue weighted by molar-refractivity contribution is 5.40. The molecule has 1 aromatic rings. The molecule has 1 aromatic heterocycles. The van der Waals surface area contributed by atoms with Crippen LogP contribution in [0.15, 0.2) is 12.1 Å². The van der Waals surface area contributed by atoms with Crippen molar-refractivity contribution in [1.82, 2.24) is 10.2 Å². The molecule has 1 saturated heterocycles. The minimum Gasteiger partial charge on any atom is -0.394 e. The number of aliphatic hydroxyl groups is 1. The average Bonchev–Trinajstić information content (AvgIpc) is 2.38. The van der Waals surface area contributed by atoms with E-state index in [1.807, 2.05) is 12.1 Å². The van der Waals surface area contributed by atoms with Gasteiger partial charge in [0.1, 0.15) is 0 Å². The van der Waals surface area contributed by atoms with E-state index in [9.17, 15) is 5.11 Å². The van der Waals surface area contributed by atoms with Crippen LogP contribution < -0.4 is 4.90 Å². The van der Waals surface area contributed by atoms with E-state index in [0.717, 1.165) is 24.5 Å². The molecule has 2 heterocycles. The molecular weight excluding hydrogens is 226 g/mol. The molecule has 1 unspecified atom stereocenters. The molecule has 1 N–H and O–H groups in total. The van der Waals surface area contributed by atoms with Crippen molar-refractivity contribution in [3.63, 3.8) is 0 Å². The molecule has 0 saturated carbocycles. The second kappa shape index (κ2) is 5.22. The fraction of sp³-hybridized carbons (Fsp3) is 0.714. The Morgan fingerprint density at radius 2 is 2.06 bits per heavy atom. The van der Waals surface area contributed by atoms with Crippen LogP contribution >= 0.6 is 0 Å². The standard InChI is InChI=1S/C14H23N3O/c1-14(2,3)12-7-8-13(16-15-12)17-9-5-4-6-11(17)10-18/h7-8,11,18H,4-6,9-10H2,1-3H3. The van der Waals surface area contributed by atoms with Crippen molar-refractivity contribution < 1.29 is 5.11 Å². The van der Waals surface area contributed by atoms with E-state index < -0.39 is 0 Å². The fourth-order valence-electron chi connectivity index (χ4n) is 2.37. The van der Waals surface area contributed by atoms with Gasteiger partial charge in [-0.05, 0) is 31.4 Å². The first kappa shape index (κ1) is 13.3. The molecule has 0 aliphatic carbocycles. The van der Waals surface area contributed by atoms with E-state index in [-0.39, 0.29) is 18.1 Å². The molecule has 0 amide bonds. The van der Waals surface area contributed by atoms with Gasteiger partial charge < -0.3 is 10.0 Å². The molecule has 0 aromatic carbocycles. The third kappa shape index (κ3) is 2.80. The number of nitrogens with zero attached hydrogens (tertiary/aromatic N) is 3. The van der Waals surface area contributed by atoms with Crippen molar-refractivity contribution in [2.45, 2.75) is 51.5 Å². The number of anilines is 1. The summed E-state index contributed by atoms with van der Waals surface area (Å²) in [6.45, 7) is 7.56. The highest BCUT2D eigenvalue weighted by Gasteiger charge is 2.24. The summed E-state index contributed by atoms with van der Waals surface area (Å²) in [6.07, 6.45) is 3.40. The van der Waals surface area contributed by atoms with Gasteiger partial charge in [-0.15, -0.1) is 5.10 Å². The number of aliphatic hydroxyl groups excluding tert-OH is 1. The lowest BCUT2D eigenvalue weighted by Gasteiger charge is -2.35. The lowest BCUT2D eigenvalue weighted by molar-refractivity contribution is 0.239. The van der Waals surface area contributed by atoms with Gasteiger partial charge in [-0.3, -0.25) is 0 Å². The zero-order valence-electron chi connectivity index (χ0n) is 11.6. The summed E-state index contributed by atoms with van der Waals surface area (Å²) >= 11 is 0. The van der Waals surface area contributed by atoms with E-state index in [0.29, 0.717) is 0 Å². The number of hydrogen-bond acceptors (Lipinski definition) is 4. The Kier molecular flexibility index (Phi) is 3.85. The summed E-state index contributed by atoms with van der Waals surface area (Å²) < 4.78 is 0. The zero-order chi connectivity index (χ0) is 13.2. The Bertz CT molecular complexity index is 383. The maximum atomic E-state index is 9.42. The van der Waals surface area contributed by atoms with E-state index >= 15 is 0 Å². The van der Waals surface area contributed by atoms with Gasteiger partial charge in [0.05, 0.1) is 18.3 Å². The van der Waals surface area contributed by atoms with E-state index in [1.54, 1.807) is 0 Å². The Balaban J connectivity index is 2.18. The summed E-state index contributed by atoms with van der Waals surface area (Å²) in [7, 11) is 0. The zero-order valence-corrected chi connectivity index (χ0v) is 11.6. The molecule has 4 heteroatoms. The predicted molar refractivity (Wildman–Crippen MR) is 72.8 cm³/mol. The molecule has 0 bridgehead atoms. The molecule has 18 heavy (non-hydrogen) atoms. The van der Waals surface area contributed by atoms with Gasteiger partial charge in [0.15, 0.2) is 5.82 Å². The van der Waals surface area contributed by atoms with Crippen LogP contribution in [-0.2, 0) is 5.41 Å². The molecular formula is C14H23N3O. The van der Waals surface area contributed by atoms with Crippen LogP contribution in [0.3, 0.4) is 0 Å². The van der Waals surface area contributed by atoms with Gasteiger partial charge in [-0.1, -0.05) is 20.8 Å². The van der Waals surface area contributed by atoms with Crippen LogP contribution in [0.5, 0.6) is 0 Å². The number of hydrogen-bond donors (Lipinski definition) is 1. The molecule has 0 radical (unpaired) electrons. The minimum absolute atomic E-state index is 0.0316. The normalized spacial score (nSPS) is 21.1. The number of rotatable bonds is 2. The molecule has 1 aliphatic heterocycles. The minimum atomic E-state index is 0.0316. The second-order valence-corrected chi connectivity index (χ2v) is 6.05. The van der Waals surface area contributed by atoms with Crippen molar-refractivity contribution in [1.29, 1.82) is 0 Å². The first-order valence-corrected chi connectivity index (χ1v) is 6.74. The summed E-state index contributed by atoms with van der Waals surface area (Å²) in [5.41, 5.74) is 1.04. The predicted octanol–water partition coefficient (Wildman–Crippen LogP) is 2.13. The van der Waals surface area contributed by atoms with Crippen LogP contribution in [0.1, 0.15) is 45.7 Å². The van der Waals surface area contributed by atoms with Crippen LogP contribution in [0.4, 0.5) is 5.82 Å². The highest BCUT2D eigenvalue weighted by Crippen LogP contribution is 2.24. The van der Waals surface area contributed by atoms with Crippen molar-refractivity contribution in [3.05, 3.63) is 17.8 Å². The summed E-state index contributed by atoms with van der Waals surface area (Å²) in [5, 5.41) is 18.1. The fourth-order valence-corrected chi connectivity index (χ4v) is 2.37. The third-order valence-electron chi connectivity index (χ3n) is 3.55. The van der Waals surface area contributed by atoms with Gasteiger partial charge in [0.25, 0.3) is 0 Å². The maximum absolute atomic E-state index is 9.42. The van der Waals surface area contributed by atoms with Gasteiger partial charge >= 0.3 is 0 Å². The molecule has 0 spiro atoms. The van der Waals surface area contributed by atoms with Gasteiger partial charge in [0, 0.05) is 12.0 Å². The molecule has 100 valence electrons. The van der Waals surface area contributed by atoms with Gasteiger partial charge in [-0.2, -0.15) is 5.10 Å². The van der Waals surface area contributed by atoms with Crippen molar-refractivity contribution >= 4 is 5.82 Å². The van der Waals surface area contributed by atoms with E-state index in [1.165, 1.54) is 12.8 Å². The Labute approximate surface area is 109 Å². The third-order valence-corrected chi connectivity index (χ3v) is 3.55. The van der Waals surface area contributed by atoms with Crippen molar-refractivity contribution in [3.8, 4) is 0 Å². The lowest BCUT2D eigenvalue weighted by Crippen LogP contribution is -2.42. The summed E-state index contributed by atoms with van der Waals surface area (Å²) in [5.74, 6) is 0.891. The SMILES string of the molecule is CC(C)(C)c1ccc(N2CCCCC2CO)nn1. The highest BCUT2D eigenvalue weighted by atomic mass is 16.3. The summed E-state index contributed by atoms with van der Waals surface area (Å²) in [4.78, 5) is 2.18. The average molecular weight is 249 g/mol. The molecule has 1 fully saturated rings.